The number of rotatable bonds is 8. The van der Waals surface area contributed by atoms with Gasteiger partial charge in [0.15, 0.2) is 0 Å². The molecule has 0 saturated carbocycles. The Morgan fingerprint density at radius 3 is 2.47 bits per heavy atom. The number of carbonyl (C=O) groups excluding carboxylic acids is 2. The molecule has 2 heterocycles. The highest BCUT2D eigenvalue weighted by atomic mass is 16.5. The Morgan fingerprint density at radius 1 is 1.11 bits per heavy atom. The molecule has 7 nitrogen and oxygen atoms in total. The molecular formula is C31H30N4O3. The standard InChI is InChI=1S/C31H30N4O3/c1-6-14-38-28-13-12-23(15-21(28)4)29-24(19-35(33-29)25-10-8-7-9-11-25)16-26-22(5)27(17-32)31(37)34(30(26)36)18-20(2)3/h6-13,15-16,19-20H,1,14,18H2,2-5H3/b26-16+. The lowest BCUT2D eigenvalue weighted by atomic mass is 9.92. The monoisotopic (exact) mass is 506 g/mol. The number of aromatic nitrogens is 2. The summed E-state index contributed by atoms with van der Waals surface area (Å²) >= 11 is 0. The number of benzene rings is 2. The Labute approximate surface area is 223 Å². The van der Waals surface area contributed by atoms with Crippen LogP contribution in [0.1, 0.15) is 31.9 Å². The van der Waals surface area contributed by atoms with E-state index < -0.39 is 11.8 Å². The Bertz CT molecular complexity index is 1500. The van der Waals surface area contributed by atoms with Crippen LogP contribution >= 0.6 is 0 Å². The summed E-state index contributed by atoms with van der Waals surface area (Å²) < 4.78 is 7.49. The van der Waals surface area contributed by atoms with Crippen LogP contribution in [0, 0.1) is 24.2 Å². The maximum absolute atomic E-state index is 13.5. The van der Waals surface area contributed by atoms with E-state index in [4.69, 9.17) is 9.84 Å². The van der Waals surface area contributed by atoms with Crippen LogP contribution in [0.5, 0.6) is 5.75 Å². The summed E-state index contributed by atoms with van der Waals surface area (Å²) in [6.45, 7) is 11.8. The highest BCUT2D eigenvalue weighted by Gasteiger charge is 2.36. The minimum Gasteiger partial charge on any atom is -0.489 e. The Balaban J connectivity index is 1.89. The topological polar surface area (TPSA) is 88.2 Å². The molecule has 0 N–H and O–H groups in total. The molecule has 7 heteroatoms. The van der Waals surface area contributed by atoms with Crippen molar-refractivity contribution in [3.8, 4) is 28.8 Å². The van der Waals surface area contributed by atoms with Gasteiger partial charge in [0, 0.05) is 29.4 Å². The van der Waals surface area contributed by atoms with Crippen LogP contribution in [-0.4, -0.2) is 39.6 Å². The molecule has 0 aliphatic carbocycles. The van der Waals surface area contributed by atoms with E-state index >= 15 is 0 Å². The molecule has 0 saturated heterocycles. The number of aryl methyl sites for hydroxylation is 1. The smallest absolute Gasteiger partial charge is 0.271 e. The average Bonchev–Trinajstić information content (AvgIpc) is 3.33. The van der Waals surface area contributed by atoms with Crippen molar-refractivity contribution in [1.82, 2.24) is 14.7 Å². The Kier molecular flexibility index (Phi) is 7.73. The first kappa shape index (κ1) is 26.4. The number of hydrogen-bond acceptors (Lipinski definition) is 5. The van der Waals surface area contributed by atoms with E-state index in [0.717, 1.165) is 22.6 Å². The van der Waals surface area contributed by atoms with Crippen LogP contribution in [0.4, 0.5) is 0 Å². The van der Waals surface area contributed by atoms with E-state index in [9.17, 15) is 14.9 Å². The normalized spacial score (nSPS) is 14.8. The van der Waals surface area contributed by atoms with Crippen molar-refractivity contribution in [3.05, 3.63) is 95.2 Å². The molecule has 1 aromatic heterocycles. The van der Waals surface area contributed by atoms with Crippen LogP contribution < -0.4 is 4.74 Å². The van der Waals surface area contributed by atoms with Crippen molar-refractivity contribution >= 4 is 17.9 Å². The molecule has 0 unspecified atom stereocenters. The predicted molar refractivity (Wildman–Crippen MR) is 147 cm³/mol. The van der Waals surface area contributed by atoms with Gasteiger partial charge in [-0.15, -0.1) is 0 Å². The minimum atomic E-state index is -0.549. The molecule has 1 aliphatic heterocycles. The van der Waals surface area contributed by atoms with E-state index in [0.29, 0.717) is 29.0 Å². The molecule has 192 valence electrons. The zero-order valence-corrected chi connectivity index (χ0v) is 22.1. The van der Waals surface area contributed by atoms with Gasteiger partial charge in [-0.25, -0.2) is 4.68 Å². The minimum absolute atomic E-state index is 0.0203. The van der Waals surface area contributed by atoms with E-state index in [1.54, 1.807) is 23.8 Å². The number of imide groups is 1. The average molecular weight is 507 g/mol. The molecule has 0 atom stereocenters. The van der Waals surface area contributed by atoms with Gasteiger partial charge in [0.05, 0.1) is 11.4 Å². The molecule has 0 spiro atoms. The van der Waals surface area contributed by atoms with Gasteiger partial charge in [-0.2, -0.15) is 10.4 Å². The first-order valence-electron chi connectivity index (χ1n) is 12.4. The van der Waals surface area contributed by atoms with Gasteiger partial charge in [0.2, 0.25) is 0 Å². The van der Waals surface area contributed by atoms with Gasteiger partial charge >= 0.3 is 0 Å². The first-order valence-corrected chi connectivity index (χ1v) is 12.4. The second kappa shape index (κ2) is 11.1. The molecule has 38 heavy (non-hydrogen) atoms. The third kappa shape index (κ3) is 5.21. The molecule has 0 bridgehead atoms. The predicted octanol–water partition coefficient (Wildman–Crippen LogP) is 5.66. The second-order valence-electron chi connectivity index (χ2n) is 9.58. The van der Waals surface area contributed by atoms with Gasteiger partial charge in [-0.1, -0.05) is 44.7 Å². The van der Waals surface area contributed by atoms with E-state index in [1.807, 2.05) is 81.6 Å². The number of nitrogens with zero attached hydrogens (tertiary/aromatic N) is 4. The molecule has 1 aliphatic rings. The maximum Gasteiger partial charge on any atom is 0.271 e. The molecule has 4 rings (SSSR count). The van der Waals surface area contributed by atoms with Crippen LogP contribution in [-0.2, 0) is 9.59 Å². The largest absolute Gasteiger partial charge is 0.489 e. The zero-order valence-electron chi connectivity index (χ0n) is 22.1. The van der Waals surface area contributed by atoms with E-state index in [2.05, 4.69) is 6.58 Å². The SMILES string of the molecule is C=CCOc1ccc(-c2nn(-c3ccccc3)cc2/C=C2/C(=O)N(CC(C)C)C(=O)C(C#N)=C2C)cc1C. The summed E-state index contributed by atoms with van der Waals surface area (Å²) in [5.74, 6) is -0.155. The maximum atomic E-state index is 13.5. The molecule has 0 radical (unpaired) electrons. The van der Waals surface area contributed by atoms with Crippen LogP contribution in [0.3, 0.4) is 0 Å². The highest BCUT2D eigenvalue weighted by molar-refractivity contribution is 6.19. The third-order valence-corrected chi connectivity index (χ3v) is 6.24. The fraction of sp³-hybridized carbons (Fsp3) is 0.226. The van der Waals surface area contributed by atoms with Crippen molar-refractivity contribution in [2.45, 2.75) is 27.7 Å². The number of carbonyl (C=O) groups is 2. The van der Waals surface area contributed by atoms with Crippen molar-refractivity contribution in [1.29, 1.82) is 5.26 Å². The van der Waals surface area contributed by atoms with E-state index in [-0.39, 0.29) is 18.0 Å². The lowest BCUT2D eigenvalue weighted by Crippen LogP contribution is -2.44. The number of hydrogen-bond donors (Lipinski definition) is 0. The molecular weight excluding hydrogens is 476 g/mol. The summed E-state index contributed by atoms with van der Waals surface area (Å²) in [4.78, 5) is 27.6. The van der Waals surface area contributed by atoms with Crippen molar-refractivity contribution in [2.75, 3.05) is 13.2 Å². The number of amides is 2. The zero-order chi connectivity index (χ0) is 27.4. The van der Waals surface area contributed by atoms with Gasteiger partial charge in [0.1, 0.15) is 24.0 Å². The molecule has 3 aromatic rings. The fourth-order valence-corrected chi connectivity index (χ4v) is 4.35. The quantitative estimate of drug-likeness (QED) is 0.223. The number of nitriles is 1. The Hall–Kier alpha value is -4.70. The van der Waals surface area contributed by atoms with Crippen LogP contribution in [0.15, 0.2) is 84.1 Å². The molecule has 0 fully saturated rings. The van der Waals surface area contributed by atoms with Gasteiger partial charge in [-0.05, 0) is 67.3 Å². The number of para-hydroxylation sites is 1. The van der Waals surface area contributed by atoms with Gasteiger partial charge in [0.25, 0.3) is 11.8 Å². The van der Waals surface area contributed by atoms with Crippen molar-refractivity contribution in [2.24, 2.45) is 5.92 Å². The lowest BCUT2D eigenvalue weighted by molar-refractivity contribution is -0.141. The van der Waals surface area contributed by atoms with Crippen LogP contribution in [0.25, 0.3) is 23.0 Å². The van der Waals surface area contributed by atoms with Crippen LogP contribution in [0.2, 0.25) is 0 Å². The van der Waals surface area contributed by atoms with Gasteiger partial charge in [-0.3, -0.25) is 14.5 Å². The fourth-order valence-electron chi connectivity index (χ4n) is 4.35. The van der Waals surface area contributed by atoms with Gasteiger partial charge < -0.3 is 4.74 Å². The Morgan fingerprint density at radius 2 is 1.84 bits per heavy atom. The highest BCUT2D eigenvalue weighted by Crippen LogP contribution is 2.33. The summed E-state index contributed by atoms with van der Waals surface area (Å²) in [6, 6.07) is 17.5. The van der Waals surface area contributed by atoms with E-state index in [1.165, 1.54) is 4.90 Å². The summed E-state index contributed by atoms with van der Waals surface area (Å²) in [5.41, 5.74) is 4.63. The summed E-state index contributed by atoms with van der Waals surface area (Å²) in [5, 5.41) is 14.6. The van der Waals surface area contributed by atoms with Crippen molar-refractivity contribution in [3.63, 3.8) is 0 Å². The molecule has 2 aromatic carbocycles. The lowest BCUT2D eigenvalue weighted by Gasteiger charge is -2.28. The summed E-state index contributed by atoms with van der Waals surface area (Å²) in [6.07, 6.45) is 5.28. The third-order valence-electron chi connectivity index (χ3n) is 6.24. The van der Waals surface area contributed by atoms with Crippen molar-refractivity contribution < 1.29 is 14.3 Å². The second-order valence-corrected chi connectivity index (χ2v) is 9.58. The first-order chi connectivity index (χ1) is 18.2. The summed E-state index contributed by atoms with van der Waals surface area (Å²) in [7, 11) is 0. The number of ether oxygens (including phenoxy) is 1. The molecule has 2 amide bonds.